The van der Waals surface area contributed by atoms with Crippen LogP contribution in [-0.4, -0.2) is 22.9 Å². The van der Waals surface area contributed by atoms with E-state index in [-0.39, 0.29) is 5.97 Å². The quantitative estimate of drug-likeness (QED) is 0.629. The van der Waals surface area contributed by atoms with Gasteiger partial charge in [-0.3, -0.25) is 4.68 Å². The number of thioether (sulfide) groups is 1. The molecular weight excluding hydrogens is 322 g/mol. The third-order valence-electron chi connectivity index (χ3n) is 4.25. The van der Waals surface area contributed by atoms with Crippen molar-refractivity contribution in [3.8, 4) is 6.07 Å². The maximum atomic E-state index is 12.2. The summed E-state index contributed by atoms with van der Waals surface area (Å²) >= 11 is 1.62. The number of ether oxygens (including phenoxy) is 1. The second-order valence-corrected chi connectivity index (χ2v) is 6.87. The van der Waals surface area contributed by atoms with Crippen molar-refractivity contribution in [3.05, 3.63) is 46.3 Å². The van der Waals surface area contributed by atoms with Crippen molar-refractivity contribution in [2.24, 2.45) is 0 Å². The first-order valence-electron chi connectivity index (χ1n) is 7.94. The Morgan fingerprint density at radius 3 is 3.00 bits per heavy atom. The van der Waals surface area contributed by atoms with E-state index in [1.54, 1.807) is 11.8 Å². The number of hydrogen-bond donors (Lipinski definition) is 0. The average Bonchev–Trinajstić information content (AvgIpc) is 2.97. The minimum atomic E-state index is -0.301. The van der Waals surface area contributed by atoms with Crippen molar-refractivity contribution in [1.82, 2.24) is 9.78 Å². The van der Waals surface area contributed by atoms with E-state index < -0.39 is 0 Å². The van der Waals surface area contributed by atoms with Gasteiger partial charge in [0, 0.05) is 17.2 Å². The monoisotopic (exact) mass is 341 g/mol. The third kappa shape index (κ3) is 3.17. The van der Waals surface area contributed by atoms with Gasteiger partial charge in [-0.2, -0.15) is 10.4 Å². The van der Waals surface area contributed by atoms with E-state index in [2.05, 4.69) is 11.2 Å². The lowest BCUT2D eigenvalue weighted by Gasteiger charge is -2.13. The van der Waals surface area contributed by atoms with Gasteiger partial charge in [0.2, 0.25) is 0 Å². The summed E-state index contributed by atoms with van der Waals surface area (Å²) < 4.78 is 6.92. The molecule has 0 saturated carbocycles. The molecule has 2 aromatic rings. The highest BCUT2D eigenvalue weighted by Gasteiger charge is 2.25. The van der Waals surface area contributed by atoms with E-state index in [1.165, 1.54) is 7.11 Å². The first-order valence-corrected chi connectivity index (χ1v) is 8.93. The molecule has 0 radical (unpaired) electrons. The summed E-state index contributed by atoms with van der Waals surface area (Å²) in [6.45, 7) is 2.79. The van der Waals surface area contributed by atoms with Crippen molar-refractivity contribution in [1.29, 1.82) is 5.26 Å². The average molecular weight is 341 g/mol. The predicted molar refractivity (Wildman–Crippen MR) is 92.0 cm³/mol. The Labute approximate surface area is 145 Å². The Bertz CT molecular complexity index is 820. The summed E-state index contributed by atoms with van der Waals surface area (Å²) in [5.41, 5.74) is 4.06. The third-order valence-corrected chi connectivity index (χ3v) is 5.25. The molecule has 0 N–H and O–H groups in total. The minimum absolute atomic E-state index is 0.301. The van der Waals surface area contributed by atoms with Crippen LogP contribution in [0.5, 0.6) is 0 Å². The minimum Gasteiger partial charge on any atom is -0.465 e. The molecule has 1 aliphatic rings. The van der Waals surface area contributed by atoms with E-state index in [0.717, 1.165) is 47.7 Å². The largest absolute Gasteiger partial charge is 0.465 e. The summed E-state index contributed by atoms with van der Waals surface area (Å²) in [4.78, 5) is 13.3. The second kappa shape index (κ2) is 7.10. The number of nitriles is 1. The molecule has 0 spiro atoms. The molecule has 24 heavy (non-hydrogen) atoms. The Kier molecular flexibility index (Phi) is 4.91. The van der Waals surface area contributed by atoms with E-state index in [4.69, 9.17) is 10.00 Å². The maximum Gasteiger partial charge on any atom is 0.341 e. The van der Waals surface area contributed by atoms with Gasteiger partial charge < -0.3 is 4.74 Å². The number of esters is 1. The highest BCUT2D eigenvalue weighted by Crippen LogP contribution is 2.29. The van der Waals surface area contributed by atoms with E-state index in [1.807, 2.05) is 29.8 Å². The van der Waals surface area contributed by atoms with Crippen LogP contribution in [0.2, 0.25) is 0 Å². The molecule has 0 fully saturated rings. The second-order valence-electron chi connectivity index (χ2n) is 5.82. The van der Waals surface area contributed by atoms with Gasteiger partial charge in [0.15, 0.2) is 0 Å². The summed E-state index contributed by atoms with van der Waals surface area (Å²) in [5.74, 6) is 0.306. The standard InChI is InChI=1S/C18H19N3O2S/c1-12-9-14(7-6-13(12)10-19)24-11-15-17(18(22)23-2)16-5-3-4-8-21(16)20-15/h6-7,9H,3-5,8,11H2,1-2H3. The van der Waals surface area contributed by atoms with Crippen LogP contribution < -0.4 is 0 Å². The molecule has 3 rings (SSSR count). The predicted octanol–water partition coefficient (Wildman–Crippen LogP) is 3.48. The normalized spacial score (nSPS) is 13.2. The van der Waals surface area contributed by atoms with Crippen LogP contribution in [0, 0.1) is 18.3 Å². The number of aryl methyl sites for hydroxylation is 2. The lowest BCUT2D eigenvalue weighted by molar-refractivity contribution is 0.0598. The zero-order valence-electron chi connectivity index (χ0n) is 13.8. The Morgan fingerprint density at radius 1 is 1.46 bits per heavy atom. The number of rotatable bonds is 4. The molecule has 124 valence electrons. The van der Waals surface area contributed by atoms with E-state index >= 15 is 0 Å². The summed E-state index contributed by atoms with van der Waals surface area (Å²) in [5, 5.41) is 13.6. The number of hydrogen-bond acceptors (Lipinski definition) is 5. The molecule has 0 bridgehead atoms. The van der Waals surface area contributed by atoms with Crippen LogP contribution in [0.1, 0.15) is 45.7 Å². The van der Waals surface area contributed by atoms with Crippen molar-refractivity contribution < 1.29 is 9.53 Å². The van der Waals surface area contributed by atoms with Crippen LogP contribution in [0.3, 0.4) is 0 Å². The smallest absolute Gasteiger partial charge is 0.341 e. The van der Waals surface area contributed by atoms with E-state index in [9.17, 15) is 4.79 Å². The van der Waals surface area contributed by atoms with Gasteiger partial charge in [-0.25, -0.2) is 4.79 Å². The van der Waals surface area contributed by atoms with Gasteiger partial charge in [0.1, 0.15) is 5.56 Å². The Balaban J connectivity index is 1.85. The molecule has 2 heterocycles. The van der Waals surface area contributed by atoms with Crippen LogP contribution in [0.15, 0.2) is 23.1 Å². The molecule has 1 aromatic carbocycles. The summed E-state index contributed by atoms with van der Waals surface area (Å²) in [7, 11) is 1.41. The number of aromatic nitrogens is 2. The molecule has 0 aliphatic carbocycles. The Morgan fingerprint density at radius 2 is 2.29 bits per heavy atom. The topological polar surface area (TPSA) is 67.9 Å². The molecule has 5 nitrogen and oxygen atoms in total. The fraction of sp³-hybridized carbons (Fsp3) is 0.389. The molecular formula is C18H19N3O2S. The van der Waals surface area contributed by atoms with Gasteiger partial charge in [-0.15, -0.1) is 11.8 Å². The van der Waals surface area contributed by atoms with Crippen molar-refractivity contribution >= 4 is 17.7 Å². The highest BCUT2D eigenvalue weighted by molar-refractivity contribution is 7.98. The van der Waals surface area contributed by atoms with Gasteiger partial charge in [-0.1, -0.05) is 0 Å². The molecule has 1 aromatic heterocycles. The van der Waals surface area contributed by atoms with Crippen LogP contribution in [-0.2, 0) is 23.5 Å². The van der Waals surface area contributed by atoms with Gasteiger partial charge in [-0.05, 0) is 49.9 Å². The molecule has 0 atom stereocenters. The zero-order chi connectivity index (χ0) is 17.1. The number of carbonyl (C=O) groups excluding carboxylic acids is 1. The number of benzene rings is 1. The first-order chi connectivity index (χ1) is 11.6. The molecule has 0 amide bonds. The summed E-state index contributed by atoms with van der Waals surface area (Å²) in [6.07, 6.45) is 3.05. The van der Waals surface area contributed by atoms with Gasteiger partial charge in [0.25, 0.3) is 0 Å². The Hall–Kier alpha value is -2.26. The summed E-state index contributed by atoms with van der Waals surface area (Å²) in [6, 6.07) is 7.94. The molecule has 6 heteroatoms. The fourth-order valence-electron chi connectivity index (χ4n) is 2.99. The number of carbonyl (C=O) groups is 1. The van der Waals surface area contributed by atoms with Crippen LogP contribution in [0.4, 0.5) is 0 Å². The SMILES string of the molecule is COC(=O)c1c(CSc2ccc(C#N)c(C)c2)nn2c1CCCC2. The maximum absolute atomic E-state index is 12.2. The van der Waals surface area contributed by atoms with Crippen LogP contribution in [0.25, 0.3) is 0 Å². The van der Waals surface area contributed by atoms with Crippen molar-refractivity contribution in [2.75, 3.05) is 7.11 Å². The zero-order valence-corrected chi connectivity index (χ0v) is 14.7. The first kappa shape index (κ1) is 16.6. The van der Waals surface area contributed by atoms with Gasteiger partial charge in [0.05, 0.1) is 30.1 Å². The van der Waals surface area contributed by atoms with Gasteiger partial charge >= 0.3 is 5.97 Å². The molecule has 0 unspecified atom stereocenters. The number of fused-ring (bicyclic) bond motifs is 1. The van der Waals surface area contributed by atoms with E-state index in [0.29, 0.717) is 16.9 Å². The van der Waals surface area contributed by atoms with Crippen molar-refractivity contribution in [3.63, 3.8) is 0 Å². The number of methoxy groups -OCH3 is 1. The molecule has 1 aliphatic heterocycles. The number of nitrogens with zero attached hydrogens (tertiary/aromatic N) is 3. The lowest BCUT2D eigenvalue weighted by atomic mass is 10.1. The fourth-order valence-corrected chi connectivity index (χ4v) is 3.92. The van der Waals surface area contributed by atoms with Crippen molar-refractivity contribution in [2.45, 2.75) is 43.4 Å². The molecule has 0 saturated heterocycles. The lowest BCUT2D eigenvalue weighted by Crippen LogP contribution is -2.14. The highest BCUT2D eigenvalue weighted by atomic mass is 32.2. The van der Waals surface area contributed by atoms with Crippen LogP contribution >= 0.6 is 11.8 Å².